The summed E-state index contributed by atoms with van der Waals surface area (Å²) in [6.45, 7) is 2.84. The van der Waals surface area contributed by atoms with Crippen molar-refractivity contribution in [3.63, 3.8) is 0 Å². The molecule has 0 fully saturated rings. The molecule has 0 saturated heterocycles. The number of nitrogens with two attached hydrogens (primary N) is 1. The molecule has 0 aliphatic heterocycles. The molecule has 0 heterocycles. The van der Waals surface area contributed by atoms with Gasteiger partial charge in [0.1, 0.15) is 5.75 Å². The van der Waals surface area contributed by atoms with Crippen LogP contribution >= 0.6 is 35.7 Å². The lowest BCUT2D eigenvalue weighted by Crippen LogP contribution is -2.23. The first-order chi connectivity index (χ1) is 8.15. The maximum absolute atomic E-state index is 5.78. The average Bonchev–Trinajstić information content (AvgIpc) is 2.36. The zero-order valence-electron chi connectivity index (χ0n) is 10.8. The van der Waals surface area contributed by atoms with Gasteiger partial charge in [-0.15, -0.1) is 24.0 Å². The number of anilines is 1. The Kier molecular flexibility index (Phi) is 8.99. The summed E-state index contributed by atoms with van der Waals surface area (Å²) in [6, 6.07) is 7.55. The van der Waals surface area contributed by atoms with Gasteiger partial charge in [-0.3, -0.25) is 4.99 Å². The number of ether oxygens (including phenoxy) is 1. The van der Waals surface area contributed by atoms with Gasteiger partial charge in [0.15, 0.2) is 5.96 Å². The van der Waals surface area contributed by atoms with Gasteiger partial charge < -0.3 is 15.8 Å². The van der Waals surface area contributed by atoms with Crippen molar-refractivity contribution >= 4 is 47.4 Å². The molecule has 3 N–H and O–H groups in total. The maximum atomic E-state index is 5.78. The van der Waals surface area contributed by atoms with Gasteiger partial charge in [0.05, 0.1) is 13.7 Å². The van der Waals surface area contributed by atoms with Gasteiger partial charge in [0.25, 0.3) is 0 Å². The maximum Gasteiger partial charge on any atom is 0.193 e. The molecule has 0 radical (unpaired) electrons. The molecule has 18 heavy (non-hydrogen) atoms. The number of nitrogens with one attached hydrogen (secondary N) is 1. The summed E-state index contributed by atoms with van der Waals surface area (Å²) < 4.78 is 5.08. The third kappa shape index (κ3) is 6.34. The van der Waals surface area contributed by atoms with Gasteiger partial charge in [0, 0.05) is 10.9 Å². The second-order valence-electron chi connectivity index (χ2n) is 3.63. The van der Waals surface area contributed by atoms with Crippen LogP contribution in [-0.2, 0) is 0 Å². The lowest BCUT2D eigenvalue weighted by molar-refractivity contribution is 0.415. The van der Waals surface area contributed by atoms with Crippen LogP contribution in [0.5, 0.6) is 5.75 Å². The summed E-state index contributed by atoms with van der Waals surface area (Å²) in [7, 11) is 1.64. The minimum atomic E-state index is 0. The largest absolute Gasteiger partial charge is 0.497 e. The van der Waals surface area contributed by atoms with Crippen LogP contribution in [0.3, 0.4) is 0 Å². The molecule has 0 bridgehead atoms. The number of aliphatic imine (C=N–C) groups is 1. The van der Waals surface area contributed by atoms with E-state index in [1.165, 1.54) is 0 Å². The SMILES string of the molecule is COc1ccc(NC(N)=NCC(C)SC)cc1.I. The summed E-state index contributed by atoms with van der Waals surface area (Å²) >= 11 is 1.77. The Balaban J connectivity index is 0.00000289. The molecule has 0 aliphatic rings. The quantitative estimate of drug-likeness (QED) is 0.468. The molecule has 0 spiro atoms. The number of methoxy groups -OCH3 is 1. The van der Waals surface area contributed by atoms with Crippen LogP contribution < -0.4 is 15.8 Å². The first-order valence-corrected chi connectivity index (χ1v) is 6.68. The second kappa shape index (κ2) is 9.32. The highest BCUT2D eigenvalue weighted by molar-refractivity contribution is 14.0. The summed E-state index contributed by atoms with van der Waals surface area (Å²) in [4.78, 5) is 4.26. The molecule has 0 aromatic heterocycles. The van der Waals surface area contributed by atoms with Crippen LogP contribution in [-0.4, -0.2) is 31.1 Å². The van der Waals surface area contributed by atoms with Crippen molar-refractivity contribution in [1.82, 2.24) is 0 Å². The monoisotopic (exact) mass is 381 g/mol. The second-order valence-corrected chi connectivity index (χ2v) is 4.90. The number of hydrogen-bond donors (Lipinski definition) is 2. The predicted molar refractivity (Wildman–Crippen MR) is 91.5 cm³/mol. The van der Waals surface area contributed by atoms with E-state index in [1.807, 2.05) is 24.3 Å². The topological polar surface area (TPSA) is 59.6 Å². The third-order valence-electron chi connectivity index (χ3n) is 2.28. The van der Waals surface area contributed by atoms with E-state index in [0.717, 1.165) is 18.0 Å². The lowest BCUT2D eigenvalue weighted by atomic mass is 10.3. The molecule has 1 unspecified atom stereocenters. The van der Waals surface area contributed by atoms with Gasteiger partial charge in [-0.2, -0.15) is 11.8 Å². The van der Waals surface area contributed by atoms with Crippen molar-refractivity contribution in [3.05, 3.63) is 24.3 Å². The van der Waals surface area contributed by atoms with Gasteiger partial charge in [-0.25, -0.2) is 0 Å². The van der Waals surface area contributed by atoms with Crippen molar-refractivity contribution in [3.8, 4) is 5.75 Å². The molecule has 4 nitrogen and oxygen atoms in total. The summed E-state index contributed by atoms with van der Waals surface area (Å²) in [6.07, 6.45) is 2.06. The predicted octanol–water partition coefficient (Wildman–Crippen LogP) is 2.79. The van der Waals surface area contributed by atoms with Gasteiger partial charge in [-0.1, -0.05) is 6.92 Å². The van der Waals surface area contributed by atoms with Crippen LogP contribution in [0.2, 0.25) is 0 Å². The molecule has 0 saturated carbocycles. The number of hydrogen-bond acceptors (Lipinski definition) is 3. The first kappa shape index (κ1) is 17.4. The Labute approximate surface area is 130 Å². The van der Waals surface area contributed by atoms with E-state index in [4.69, 9.17) is 10.5 Å². The zero-order valence-corrected chi connectivity index (χ0v) is 14.0. The number of rotatable bonds is 5. The van der Waals surface area contributed by atoms with E-state index < -0.39 is 0 Å². The molecule has 6 heteroatoms. The Morgan fingerprint density at radius 1 is 1.44 bits per heavy atom. The Hall–Kier alpha value is -0.630. The molecular formula is C12H20IN3OS. The van der Waals surface area contributed by atoms with E-state index in [2.05, 4.69) is 23.5 Å². The Morgan fingerprint density at radius 3 is 2.56 bits per heavy atom. The van der Waals surface area contributed by atoms with Crippen LogP contribution in [0.1, 0.15) is 6.92 Å². The standard InChI is InChI=1S/C12H19N3OS.HI/c1-9(17-3)8-14-12(13)15-10-4-6-11(16-2)7-5-10;/h4-7,9H,8H2,1-3H3,(H3,13,14,15);1H. The fraction of sp³-hybridized carbons (Fsp3) is 0.417. The molecule has 1 rings (SSSR count). The normalized spacial score (nSPS) is 12.5. The van der Waals surface area contributed by atoms with Crippen LogP contribution in [0, 0.1) is 0 Å². The fourth-order valence-electron chi connectivity index (χ4n) is 1.16. The minimum absolute atomic E-state index is 0. The zero-order chi connectivity index (χ0) is 12.7. The van der Waals surface area contributed by atoms with E-state index >= 15 is 0 Å². The molecule has 1 aromatic carbocycles. The smallest absolute Gasteiger partial charge is 0.193 e. The van der Waals surface area contributed by atoms with E-state index in [9.17, 15) is 0 Å². The number of benzene rings is 1. The summed E-state index contributed by atoms with van der Waals surface area (Å²) in [5, 5.41) is 3.51. The molecule has 0 amide bonds. The average molecular weight is 381 g/mol. The van der Waals surface area contributed by atoms with E-state index in [1.54, 1.807) is 18.9 Å². The van der Waals surface area contributed by atoms with Crippen molar-refractivity contribution in [2.45, 2.75) is 12.2 Å². The van der Waals surface area contributed by atoms with Crippen molar-refractivity contribution in [2.24, 2.45) is 10.7 Å². The number of nitrogens with zero attached hydrogens (tertiary/aromatic N) is 1. The molecule has 1 aromatic rings. The summed E-state index contributed by atoms with van der Waals surface area (Å²) in [5.41, 5.74) is 6.68. The number of guanidine groups is 1. The molecule has 0 aliphatic carbocycles. The van der Waals surface area contributed by atoms with Crippen LogP contribution in [0.15, 0.2) is 29.3 Å². The molecular weight excluding hydrogens is 361 g/mol. The highest BCUT2D eigenvalue weighted by Gasteiger charge is 1.99. The van der Waals surface area contributed by atoms with E-state index in [-0.39, 0.29) is 24.0 Å². The van der Waals surface area contributed by atoms with Gasteiger partial charge in [0.2, 0.25) is 0 Å². The Bertz CT molecular complexity index is 370. The van der Waals surface area contributed by atoms with E-state index in [0.29, 0.717) is 11.2 Å². The van der Waals surface area contributed by atoms with Crippen molar-refractivity contribution in [1.29, 1.82) is 0 Å². The first-order valence-electron chi connectivity index (χ1n) is 5.39. The van der Waals surface area contributed by atoms with Crippen LogP contribution in [0.4, 0.5) is 5.69 Å². The highest BCUT2D eigenvalue weighted by Crippen LogP contribution is 2.14. The van der Waals surface area contributed by atoms with Gasteiger partial charge >= 0.3 is 0 Å². The molecule has 1 atom stereocenters. The summed E-state index contributed by atoms with van der Waals surface area (Å²) in [5.74, 6) is 1.26. The number of thioether (sulfide) groups is 1. The highest BCUT2D eigenvalue weighted by atomic mass is 127. The molecule has 102 valence electrons. The fourth-order valence-corrected chi connectivity index (χ4v) is 1.39. The van der Waals surface area contributed by atoms with Crippen LogP contribution in [0.25, 0.3) is 0 Å². The lowest BCUT2D eigenvalue weighted by Gasteiger charge is -2.08. The minimum Gasteiger partial charge on any atom is -0.497 e. The number of halogens is 1. The van der Waals surface area contributed by atoms with Crippen molar-refractivity contribution in [2.75, 3.05) is 25.2 Å². The third-order valence-corrected chi connectivity index (χ3v) is 3.24. The Morgan fingerprint density at radius 2 is 2.06 bits per heavy atom. The van der Waals surface area contributed by atoms with Gasteiger partial charge in [-0.05, 0) is 30.5 Å². The van der Waals surface area contributed by atoms with Crippen molar-refractivity contribution < 1.29 is 4.74 Å².